The zero-order chi connectivity index (χ0) is 82.5. The molecule has 0 radical (unpaired) electrons. The number of aromatic nitrogens is 9. The summed E-state index contributed by atoms with van der Waals surface area (Å²) in [5, 5.41) is 20.0. The number of hydrogen-bond acceptors (Lipinski definition) is 20. The summed E-state index contributed by atoms with van der Waals surface area (Å²) in [4.78, 5) is 71.1. The summed E-state index contributed by atoms with van der Waals surface area (Å²) in [7, 11) is -6.75. The van der Waals surface area contributed by atoms with Crippen LogP contribution in [0.4, 0.5) is 39.8 Å². The van der Waals surface area contributed by atoms with Crippen molar-refractivity contribution in [3.63, 3.8) is 0 Å². The lowest BCUT2D eigenvalue weighted by atomic mass is 10.1. The topological polar surface area (TPSA) is 426 Å². The number of carbonyl (C=O) groups is 2. The van der Waals surface area contributed by atoms with E-state index in [0.717, 1.165) is 45.5 Å². The van der Waals surface area contributed by atoms with Gasteiger partial charge < -0.3 is 51.8 Å². The van der Waals surface area contributed by atoms with Gasteiger partial charge >= 0.3 is 15.8 Å². The maximum atomic E-state index is 12.7. The largest absolute Gasteiger partial charge is 0.504 e. The second kappa shape index (κ2) is 41.6. The van der Waals surface area contributed by atoms with Gasteiger partial charge in [-0.15, -0.1) is 4.52 Å². The molecule has 13 N–H and O–H groups in total. The number of pyridine rings is 3. The molecular weight excluding hydrogens is 1700 g/mol. The number of aryl methyl sites for hydroxylation is 3. The fourth-order valence-electron chi connectivity index (χ4n) is 9.99. The van der Waals surface area contributed by atoms with Crippen molar-refractivity contribution in [3.8, 4) is 0 Å². The molecule has 1 unspecified atom stereocenters. The molecule has 2 aliphatic carbocycles. The third kappa shape index (κ3) is 29.0. The number of rotatable bonds is 14. The number of H-pyrrole nitrogens is 3. The molecule has 0 aliphatic heterocycles. The minimum absolute atomic E-state index is 0. The van der Waals surface area contributed by atoms with Gasteiger partial charge in [0.05, 0.1) is 28.7 Å². The Balaban J connectivity index is 0.000000347. The molecule has 13 rings (SSSR count). The van der Waals surface area contributed by atoms with Gasteiger partial charge in [0.15, 0.2) is 23.6 Å². The van der Waals surface area contributed by atoms with Crippen LogP contribution in [0.25, 0.3) is 33.1 Å². The predicted octanol–water partition coefficient (Wildman–Crippen LogP) is 15.0. The second-order valence-corrected chi connectivity index (χ2v) is 44.6. The third-order valence-electron chi connectivity index (χ3n) is 15.5. The maximum Gasteiger partial charge on any atom is 0.504 e. The maximum absolute atomic E-state index is 12.7. The zero-order valence-electron chi connectivity index (χ0n) is 63.8. The molecule has 594 valence electrons. The van der Waals surface area contributed by atoms with Gasteiger partial charge in [0.25, 0.3) is 16.7 Å². The van der Waals surface area contributed by atoms with Crippen molar-refractivity contribution < 1.29 is 44.4 Å². The number of aromatic amines is 3. The van der Waals surface area contributed by atoms with Crippen LogP contribution < -0.4 is 71.5 Å². The lowest BCUT2D eigenvalue weighted by Crippen LogP contribution is -2.14. The molecule has 0 bridgehead atoms. The van der Waals surface area contributed by atoms with E-state index in [1.807, 2.05) is 116 Å². The Bertz CT molecular complexity index is 5430. The first-order valence-electron chi connectivity index (χ1n) is 33.8. The molecule has 6 aromatic heterocycles. The quantitative estimate of drug-likeness (QED) is 0.0211. The molecule has 1 atom stereocenters. The van der Waals surface area contributed by atoms with Crippen LogP contribution in [0.3, 0.4) is 0 Å². The van der Waals surface area contributed by atoms with Crippen molar-refractivity contribution in [2.75, 3.05) is 108 Å². The Morgan fingerprint density at radius 3 is 1.18 bits per heavy atom. The van der Waals surface area contributed by atoms with Crippen LogP contribution in [0.5, 0.6) is 0 Å². The fraction of sp³-hybridized carbons (Fsp3) is 0.315. The Kier molecular flexibility index (Phi) is 35.1. The number of nitrogens with zero attached hydrogens (tertiary/aromatic N) is 6. The Morgan fingerprint density at radius 2 is 0.864 bits per heavy atom. The third-order valence-corrected chi connectivity index (χ3v) is 24.0. The molecule has 110 heavy (non-hydrogen) atoms. The van der Waals surface area contributed by atoms with E-state index < -0.39 is 44.4 Å². The van der Waals surface area contributed by atoms with E-state index >= 15 is 0 Å². The molecule has 37 heteroatoms. The molecule has 2 fully saturated rings. The Morgan fingerprint density at radius 1 is 0.527 bits per heavy atom. The summed E-state index contributed by atoms with van der Waals surface area (Å²) < 4.78 is 77.5. The number of primary amides is 1. The number of Topliss-reactive ketones (excluding diaryl/α,β-unsaturated/α-hetero) is 1. The first-order valence-corrected chi connectivity index (χ1v) is 50.2. The van der Waals surface area contributed by atoms with Crippen LogP contribution in [0.2, 0.25) is 15.3 Å². The van der Waals surface area contributed by atoms with E-state index in [1.54, 1.807) is 119 Å². The highest BCUT2D eigenvalue weighted by molar-refractivity contribution is 14.1. The number of ketones is 1. The SMILES string of the molecule is CCO[P+](C)=O.CP(C)(=O)c1ccccc1N.CP(C)(=O)c1ccccc1N.C[P+](C)=O.Cn1[nH]c2nc(CC(=O)C3CC3)cc(Nc3ccccc3P(C)(C)=O)c2c1=O.Cn1[nH]c2nc(Cl)cc(Cl)c2c1=O.Cn1[nH]c2nc(Cl)cc(Nc3ccccc3P(C)(C)=O)c2c1=O.NC(=O)C1CC1.Nc1ccccc1I.[HH].[HH]. The number of hydrogen-bond donors (Lipinski definition) is 9. The van der Waals surface area contributed by atoms with Crippen molar-refractivity contribution in [2.24, 2.45) is 38.7 Å². The summed E-state index contributed by atoms with van der Waals surface area (Å²) in [6, 6.07) is 41.8. The Labute approximate surface area is 672 Å². The monoisotopic (exact) mass is 1800 g/mol. The van der Waals surface area contributed by atoms with E-state index in [1.165, 1.54) is 20.1 Å². The van der Waals surface area contributed by atoms with Crippen LogP contribution in [-0.4, -0.2) is 136 Å². The number of halogens is 4. The summed E-state index contributed by atoms with van der Waals surface area (Å²) in [5.41, 5.74) is 27.4. The van der Waals surface area contributed by atoms with Gasteiger partial charge in [-0.05, 0) is 192 Å². The minimum Gasteiger partial charge on any atom is -0.398 e. The average molecular weight is 1800 g/mol. The first-order chi connectivity index (χ1) is 51.2. The van der Waals surface area contributed by atoms with Crippen molar-refractivity contribution >= 4 is 208 Å². The number of carbonyl (C=O) groups excluding carboxylic acids is 2. The van der Waals surface area contributed by atoms with Crippen molar-refractivity contribution in [3.05, 3.63) is 195 Å². The fourth-order valence-corrected chi connectivity index (χ4v) is 16.1. The number of fused-ring (bicyclic) bond motifs is 3. The molecule has 1 amide bonds. The van der Waals surface area contributed by atoms with Crippen LogP contribution in [0.15, 0.2) is 154 Å². The standard InChI is InChI=1S/C20H23N4O3P.C15H16ClN4O2P.2C8H12NOP.C7H5Cl2N3O.C6H6IN.C4H7NO.C3H8O2P.C2H6OP.2H2/c1-24-20(26)18-15(22-14-6-4-5-7-17(14)28(2,3)27)10-13(21-19(18)23-24)11-16(25)12-8-9-12;1-20-15(21)13-10(8-12(16)18-14(13)19-20)17-9-6-4-5-7-11(9)23(2,3)22;2*1-11(2,10)8-6-4-3-5-7(8)9;1-12-7(13)5-3(8)2-4(9)10-6(5)11-12;7-5-3-1-2-4-6(5)8;5-4(6)3-1-2-3;1-3-5-6(2)4;1-4(2)3;;/h4-7,10,12H,8-9,11H2,1-3H3,(H2,21,22,23);4-8H,1-3H3,(H2,17,18,19);2*3-6H,9H2,1-2H3;2H,1H3,(H,10,11);1-4H,8H2;3H,1-2H2,(H2,5,6);3H2,1-2H3;1-2H3;2*1H/q;;;;;;;2*+1;;. The van der Waals surface area contributed by atoms with Crippen LogP contribution >= 0.6 is 102 Å². The lowest BCUT2D eigenvalue weighted by Gasteiger charge is -2.16. The smallest absolute Gasteiger partial charge is 0.398 e. The van der Waals surface area contributed by atoms with E-state index in [4.69, 9.17) is 57.7 Å². The second-order valence-electron chi connectivity index (χ2n) is 26.8. The van der Waals surface area contributed by atoms with Crippen LogP contribution in [-0.2, 0) is 69.1 Å². The average Bonchev–Trinajstić information content (AvgIpc) is 1.31. The summed E-state index contributed by atoms with van der Waals surface area (Å²) in [6.07, 6.45) is 4.19. The highest BCUT2D eigenvalue weighted by Gasteiger charge is 2.30. The lowest BCUT2D eigenvalue weighted by molar-refractivity contribution is -0.120. The van der Waals surface area contributed by atoms with Gasteiger partial charge in [0.2, 0.25) is 5.91 Å². The van der Waals surface area contributed by atoms with Crippen molar-refractivity contribution in [1.82, 2.24) is 44.3 Å². The molecule has 6 heterocycles. The number of para-hydroxylation sites is 5. The van der Waals surface area contributed by atoms with E-state index in [9.17, 15) is 51.4 Å². The van der Waals surface area contributed by atoms with Gasteiger partial charge in [0.1, 0.15) is 74.1 Å². The number of nitrogens with two attached hydrogens (primary N) is 4. The molecular formula is C73H99Cl3IN15O12P6+2. The number of nitrogens with one attached hydrogen (secondary N) is 5. The van der Waals surface area contributed by atoms with E-state index in [-0.39, 0.29) is 59.8 Å². The van der Waals surface area contributed by atoms with E-state index in [0.29, 0.717) is 95.2 Å². The number of benzene rings is 5. The molecule has 5 aromatic carbocycles. The van der Waals surface area contributed by atoms with Gasteiger partial charge in [0, 0.05) is 95.5 Å². The molecule has 2 aliphatic rings. The first kappa shape index (κ1) is 92.8. The van der Waals surface area contributed by atoms with Gasteiger partial charge in [-0.3, -0.25) is 53.3 Å². The summed E-state index contributed by atoms with van der Waals surface area (Å²) >= 11 is 19.7. The molecule has 27 nitrogen and oxygen atoms in total. The Hall–Kier alpha value is -7.82. The van der Waals surface area contributed by atoms with E-state index in [2.05, 4.69) is 68.0 Å². The summed E-state index contributed by atoms with van der Waals surface area (Å²) in [5.74, 6) is 0.443. The van der Waals surface area contributed by atoms with Crippen molar-refractivity contribution in [1.29, 1.82) is 0 Å². The highest BCUT2D eigenvalue weighted by Crippen LogP contribution is 2.42. The number of anilines is 7. The highest BCUT2D eigenvalue weighted by atomic mass is 127. The molecule has 0 saturated heterocycles. The van der Waals surface area contributed by atoms with Crippen molar-refractivity contribution in [2.45, 2.75) is 39.0 Å². The predicted molar refractivity (Wildman–Crippen MR) is 472 cm³/mol. The number of nitrogen functional groups attached to an aromatic ring is 3. The van der Waals surface area contributed by atoms with Crippen LogP contribution in [0, 0.1) is 15.4 Å². The molecule has 11 aromatic rings. The van der Waals surface area contributed by atoms with Gasteiger partial charge in [-0.2, -0.15) is 0 Å². The molecule has 2 saturated carbocycles. The number of amides is 1. The minimum atomic E-state index is -2.52. The zero-order valence-corrected chi connectivity index (χ0v) is 73.6. The normalized spacial score (nSPS) is 12.4. The summed E-state index contributed by atoms with van der Waals surface area (Å²) in [6.45, 7) is 21.0. The molecule has 0 spiro atoms. The van der Waals surface area contributed by atoms with Gasteiger partial charge in [-0.1, -0.05) is 100 Å². The van der Waals surface area contributed by atoms with Gasteiger partial charge in [-0.25, -0.2) is 15.0 Å². The van der Waals surface area contributed by atoms with Crippen LogP contribution in [0.1, 0.15) is 41.2 Å².